The average molecular weight is 451 g/mol. The van der Waals surface area contributed by atoms with Gasteiger partial charge in [0.15, 0.2) is 0 Å². The van der Waals surface area contributed by atoms with Crippen molar-refractivity contribution in [2.75, 3.05) is 0 Å². The SMILES string of the molecule is O=c1[nH]c(-c2cc(Cl)ccc2Br)nc(C2CC2)c1I. The van der Waals surface area contributed by atoms with Crippen LogP contribution in [0.2, 0.25) is 5.02 Å². The van der Waals surface area contributed by atoms with E-state index in [4.69, 9.17) is 11.6 Å². The average Bonchev–Trinajstić information content (AvgIpc) is 3.20. The molecule has 1 aliphatic rings. The highest BCUT2D eigenvalue weighted by Crippen LogP contribution is 2.41. The van der Waals surface area contributed by atoms with Crippen LogP contribution in [0.1, 0.15) is 24.5 Å². The van der Waals surface area contributed by atoms with Gasteiger partial charge in [0.1, 0.15) is 5.82 Å². The number of nitrogens with zero attached hydrogens (tertiary/aromatic N) is 1. The van der Waals surface area contributed by atoms with E-state index in [0.29, 0.717) is 20.3 Å². The van der Waals surface area contributed by atoms with Crippen LogP contribution in [0.15, 0.2) is 27.5 Å². The third kappa shape index (κ3) is 2.73. The molecule has 0 radical (unpaired) electrons. The number of halogens is 3. The Morgan fingerprint density at radius 3 is 2.84 bits per heavy atom. The molecule has 19 heavy (non-hydrogen) atoms. The van der Waals surface area contributed by atoms with E-state index in [0.717, 1.165) is 28.6 Å². The molecular formula is C13H9BrClIN2O. The molecule has 3 nitrogen and oxygen atoms in total. The van der Waals surface area contributed by atoms with E-state index in [2.05, 4.69) is 48.5 Å². The van der Waals surface area contributed by atoms with Gasteiger partial charge in [-0.25, -0.2) is 4.98 Å². The predicted molar refractivity (Wildman–Crippen MR) is 87.7 cm³/mol. The Morgan fingerprint density at radius 2 is 2.16 bits per heavy atom. The molecule has 1 heterocycles. The monoisotopic (exact) mass is 450 g/mol. The molecule has 1 aromatic carbocycles. The molecule has 0 atom stereocenters. The number of hydrogen-bond acceptors (Lipinski definition) is 2. The molecule has 0 bridgehead atoms. The molecule has 0 unspecified atom stereocenters. The van der Waals surface area contributed by atoms with Gasteiger partial charge in [-0.15, -0.1) is 0 Å². The van der Waals surface area contributed by atoms with Gasteiger partial charge < -0.3 is 4.98 Å². The molecule has 1 fully saturated rings. The third-order valence-corrected chi connectivity index (χ3v) is 5.01. The van der Waals surface area contributed by atoms with Crippen LogP contribution in [0.4, 0.5) is 0 Å². The highest BCUT2D eigenvalue weighted by Gasteiger charge is 2.29. The first-order valence-electron chi connectivity index (χ1n) is 5.81. The summed E-state index contributed by atoms with van der Waals surface area (Å²) in [4.78, 5) is 19.4. The van der Waals surface area contributed by atoms with Crippen molar-refractivity contribution in [3.63, 3.8) is 0 Å². The quantitative estimate of drug-likeness (QED) is 0.691. The Hall–Kier alpha value is -0.400. The number of rotatable bonds is 2. The van der Waals surface area contributed by atoms with Crippen molar-refractivity contribution in [1.29, 1.82) is 0 Å². The molecular weight excluding hydrogens is 442 g/mol. The van der Waals surface area contributed by atoms with Crippen LogP contribution >= 0.6 is 50.1 Å². The normalized spacial score (nSPS) is 14.7. The molecule has 1 saturated carbocycles. The number of nitrogens with one attached hydrogen (secondary N) is 1. The van der Waals surface area contributed by atoms with E-state index in [1.54, 1.807) is 12.1 Å². The van der Waals surface area contributed by atoms with Gasteiger partial charge in [-0.1, -0.05) is 27.5 Å². The molecule has 0 spiro atoms. The summed E-state index contributed by atoms with van der Waals surface area (Å²) < 4.78 is 1.56. The highest BCUT2D eigenvalue weighted by atomic mass is 127. The van der Waals surface area contributed by atoms with Crippen molar-refractivity contribution in [2.24, 2.45) is 0 Å². The minimum absolute atomic E-state index is 0.0839. The maximum Gasteiger partial charge on any atom is 0.264 e. The van der Waals surface area contributed by atoms with Crippen LogP contribution in [0, 0.1) is 3.57 Å². The second-order valence-electron chi connectivity index (χ2n) is 4.51. The first-order chi connectivity index (χ1) is 9.06. The van der Waals surface area contributed by atoms with E-state index in [9.17, 15) is 4.79 Å². The van der Waals surface area contributed by atoms with Gasteiger partial charge in [-0.2, -0.15) is 0 Å². The Morgan fingerprint density at radius 1 is 1.42 bits per heavy atom. The van der Waals surface area contributed by atoms with Crippen LogP contribution in [0.5, 0.6) is 0 Å². The smallest absolute Gasteiger partial charge is 0.264 e. The fourth-order valence-corrected chi connectivity index (χ4v) is 3.21. The standard InChI is InChI=1S/C13H9BrClIN2O/c14-9-4-3-7(15)5-8(9)12-17-11(6-1-2-6)10(16)13(19)18-12/h3-6H,1-2H2,(H,17,18,19). The van der Waals surface area contributed by atoms with E-state index < -0.39 is 0 Å². The van der Waals surface area contributed by atoms with Crippen LogP contribution in [-0.2, 0) is 0 Å². The fourth-order valence-electron chi connectivity index (χ4n) is 1.91. The van der Waals surface area contributed by atoms with Crippen molar-refractivity contribution in [3.05, 3.63) is 47.3 Å². The minimum atomic E-state index is -0.0839. The van der Waals surface area contributed by atoms with E-state index in [1.165, 1.54) is 0 Å². The summed E-state index contributed by atoms with van der Waals surface area (Å²) in [5, 5.41) is 0.618. The van der Waals surface area contributed by atoms with Crippen LogP contribution in [0.25, 0.3) is 11.4 Å². The summed E-state index contributed by atoms with van der Waals surface area (Å²) in [6.07, 6.45) is 2.23. The van der Waals surface area contributed by atoms with E-state index >= 15 is 0 Å². The molecule has 3 rings (SSSR count). The lowest BCUT2D eigenvalue weighted by molar-refractivity contribution is 0.957. The topological polar surface area (TPSA) is 45.8 Å². The van der Waals surface area contributed by atoms with E-state index in [1.807, 2.05) is 6.07 Å². The number of aromatic nitrogens is 2. The van der Waals surface area contributed by atoms with Crippen LogP contribution < -0.4 is 5.56 Å². The zero-order chi connectivity index (χ0) is 13.6. The number of benzene rings is 1. The summed E-state index contributed by atoms with van der Waals surface area (Å²) in [6, 6.07) is 5.45. The summed E-state index contributed by atoms with van der Waals surface area (Å²) in [5.41, 5.74) is 1.63. The second-order valence-corrected chi connectivity index (χ2v) is 6.88. The van der Waals surface area contributed by atoms with Crippen molar-refractivity contribution in [1.82, 2.24) is 9.97 Å². The summed E-state index contributed by atoms with van der Waals surface area (Å²) in [7, 11) is 0. The predicted octanol–water partition coefficient (Wildman–Crippen LogP) is 4.33. The van der Waals surface area contributed by atoms with Gasteiger partial charge in [-0.05, 0) is 53.6 Å². The second kappa shape index (κ2) is 5.18. The van der Waals surface area contributed by atoms with Gasteiger partial charge in [0.05, 0.1) is 9.26 Å². The van der Waals surface area contributed by atoms with Gasteiger partial charge in [-0.3, -0.25) is 4.79 Å². The molecule has 6 heteroatoms. The van der Waals surface area contributed by atoms with Crippen molar-refractivity contribution >= 4 is 50.1 Å². The molecule has 1 aromatic heterocycles. The molecule has 98 valence electrons. The molecule has 0 aliphatic heterocycles. The summed E-state index contributed by atoms with van der Waals surface area (Å²) in [5.74, 6) is 1.01. The maximum absolute atomic E-state index is 12.0. The number of aromatic amines is 1. The molecule has 0 amide bonds. The van der Waals surface area contributed by atoms with Gasteiger partial charge in [0.2, 0.25) is 0 Å². The third-order valence-electron chi connectivity index (χ3n) is 3.04. The Balaban J connectivity index is 2.20. The minimum Gasteiger partial charge on any atom is -0.306 e. The Bertz CT molecular complexity index is 712. The zero-order valence-corrected chi connectivity index (χ0v) is 14.2. The maximum atomic E-state index is 12.0. The molecule has 0 saturated heterocycles. The largest absolute Gasteiger partial charge is 0.306 e. The highest BCUT2D eigenvalue weighted by molar-refractivity contribution is 14.1. The first-order valence-corrected chi connectivity index (χ1v) is 8.06. The van der Waals surface area contributed by atoms with Crippen molar-refractivity contribution in [2.45, 2.75) is 18.8 Å². The van der Waals surface area contributed by atoms with Gasteiger partial charge in [0.25, 0.3) is 5.56 Å². The molecule has 2 aromatic rings. The van der Waals surface area contributed by atoms with Crippen LogP contribution in [0.3, 0.4) is 0 Å². The molecule has 1 N–H and O–H groups in total. The van der Waals surface area contributed by atoms with Crippen molar-refractivity contribution < 1.29 is 0 Å². The van der Waals surface area contributed by atoms with Gasteiger partial charge >= 0.3 is 0 Å². The summed E-state index contributed by atoms with van der Waals surface area (Å²) in [6.45, 7) is 0. The summed E-state index contributed by atoms with van der Waals surface area (Å²) >= 11 is 11.5. The van der Waals surface area contributed by atoms with Crippen molar-refractivity contribution in [3.8, 4) is 11.4 Å². The van der Waals surface area contributed by atoms with Crippen LogP contribution in [-0.4, -0.2) is 9.97 Å². The fraction of sp³-hybridized carbons (Fsp3) is 0.231. The number of hydrogen-bond donors (Lipinski definition) is 1. The first kappa shape index (κ1) is 13.6. The number of H-pyrrole nitrogens is 1. The van der Waals surface area contributed by atoms with Gasteiger partial charge in [0, 0.05) is 21.0 Å². The lowest BCUT2D eigenvalue weighted by Gasteiger charge is -2.08. The Labute approximate surface area is 137 Å². The van der Waals surface area contributed by atoms with E-state index in [-0.39, 0.29) is 5.56 Å². The molecule has 1 aliphatic carbocycles. The zero-order valence-electron chi connectivity index (χ0n) is 9.71. The Kier molecular flexibility index (Phi) is 3.70. The lowest BCUT2D eigenvalue weighted by Crippen LogP contribution is -2.16. The lowest BCUT2D eigenvalue weighted by atomic mass is 10.2.